The topological polar surface area (TPSA) is 54.0 Å². The monoisotopic (exact) mass is 247 g/mol. The lowest BCUT2D eigenvalue weighted by atomic mass is 10.2. The van der Waals surface area contributed by atoms with E-state index in [2.05, 4.69) is 15.6 Å². The van der Waals surface area contributed by atoms with Gasteiger partial charge in [0.2, 0.25) is 0 Å². The third-order valence-electron chi connectivity index (χ3n) is 2.28. The molecular weight excluding hydrogens is 234 g/mol. The first-order valence-electron chi connectivity index (χ1n) is 5.24. The van der Waals surface area contributed by atoms with Crippen molar-refractivity contribution in [2.45, 2.75) is 6.54 Å². The molecule has 2 rings (SSSR count). The van der Waals surface area contributed by atoms with Crippen molar-refractivity contribution in [2.24, 2.45) is 0 Å². The van der Waals surface area contributed by atoms with E-state index >= 15 is 0 Å². The molecule has 1 amide bonds. The van der Waals surface area contributed by atoms with Gasteiger partial charge < -0.3 is 10.6 Å². The summed E-state index contributed by atoms with van der Waals surface area (Å²) in [6, 6.07) is 7.39. The van der Waals surface area contributed by atoms with Crippen LogP contribution in [0.2, 0.25) is 0 Å². The third-order valence-corrected chi connectivity index (χ3v) is 3.16. The molecule has 0 fully saturated rings. The Balaban J connectivity index is 1.99. The smallest absolute Gasteiger partial charge is 0.251 e. The van der Waals surface area contributed by atoms with E-state index in [9.17, 15) is 4.79 Å². The third kappa shape index (κ3) is 3.04. The molecule has 0 aromatic carbocycles. The Hall–Kier alpha value is -1.88. The zero-order valence-electron chi connectivity index (χ0n) is 9.43. The van der Waals surface area contributed by atoms with Crippen molar-refractivity contribution in [3.05, 3.63) is 46.3 Å². The van der Waals surface area contributed by atoms with Crippen LogP contribution in [0, 0.1) is 0 Å². The molecule has 2 aromatic rings. The number of pyridine rings is 1. The molecule has 17 heavy (non-hydrogen) atoms. The largest absolute Gasteiger partial charge is 0.373 e. The summed E-state index contributed by atoms with van der Waals surface area (Å²) in [6.45, 7) is 0.563. The number of carbonyl (C=O) groups excluding carboxylic acids is 1. The van der Waals surface area contributed by atoms with Crippen molar-refractivity contribution in [1.82, 2.24) is 10.3 Å². The summed E-state index contributed by atoms with van der Waals surface area (Å²) >= 11 is 1.63. The number of rotatable bonds is 4. The summed E-state index contributed by atoms with van der Waals surface area (Å²) in [7, 11) is 1.77. The number of amides is 1. The minimum atomic E-state index is -0.0858. The van der Waals surface area contributed by atoms with Gasteiger partial charge in [-0.2, -0.15) is 0 Å². The van der Waals surface area contributed by atoms with Crippen molar-refractivity contribution in [1.29, 1.82) is 0 Å². The van der Waals surface area contributed by atoms with E-state index in [-0.39, 0.29) is 5.91 Å². The van der Waals surface area contributed by atoms with Crippen LogP contribution in [0.4, 0.5) is 5.82 Å². The Morgan fingerprint density at radius 1 is 1.47 bits per heavy atom. The normalized spacial score (nSPS) is 9.94. The van der Waals surface area contributed by atoms with E-state index < -0.39 is 0 Å². The number of nitrogens with one attached hydrogen (secondary N) is 2. The molecule has 5 heteroatoms. The lowest BCUT2D eigenvalue weighted by molar-refractivity contribution is 0.0951. The van der Waals surface area contributed by atoms with Crippen molar-refractivity contribution in [3.63, 3.8) is 0 Å². The summed E-state index contributed by atoms with van der Waals surface area (Å²) in [5.74, 6) is 0.603. The van der Waals surface area contributed by atoms with E-state index in [4.69, 9.17) is 0 Å². The van der Waals surface area contributed by atoms with Crippen molar-refractivity contribution in [3.8, 4) is 0 Å². The molecule has 2 N–H and O–H groups in total. The number of hydrogen-bond acceptors (Lipinski definition) is 4. The second-order valence-electron chi connectivity index (χ2n) is 3.44. The van der Waals surface area contributed by atoms with Gasteiger partial charge in [0.1, 0.15) is 5.82 Å². The number of aromatic nitrogens is 1. The predicted octanol–water partition coefficient (Wildman–Crippen LogP) is 2.11. The zero-order chi connectivity index (χ0) is 12.1. The Bertz CT molecular complexity index is 496. The predicted molar refractivity (Wildman–Crippen MR) is 69.3 cm³/mol. The molecular formula is C12H13N3OS. The summed E-state index contributed by atoms with van der Waals surface area (Å²) in [4.78, 5) is 17.0. The summed E-state index contributed by atoms with van der Waals surface area (Å²) in [5.41, 5.74) is 0.612. The van der Waals surface area contributed by atoms with Crippen LogP contribution in [-0.4, -0.2) is 17.9 Å². The minimum absolute atomic E-state index is 0.0858. The molecule has 0 aliphatic heterocycles. The van der Waals surface area contributed by atoms with Gasteiger partial charge in [-0.05, 0) is 23.6 Å². The van der Waals surface area contributed by atoms with Gasteiger partial charge in [-0.3, -0.25) is 4.79 Å². The van der Waals surface area contributed by atoms with Gasteiger partial charge >= 0.3 is 0 Å². The molecule has 0 aliphatic carbocycles. The van der Waals surface area contributed by atoms with Gasteiger partial charge in [-0.1, -0.05) is 6.07 Å². The molecule has 2 aromatic heterocycles. The maximum Gasteiger partial charge on any atom is 0.251 e. The summed E-state index contributed by atoms with van der Waals surface area (Å²) in [5, 5.41) is 7.76. The number of anilines is 1. The maximum atomic E-state index is 11.8. The molecule has 2 heterocycles. The van der Waals surface area contributed by atoms with E-state index in [0.717, 1.165) is 4.88 Å². The average molecular weight is 247 g/mol. The molecule has 4 nitrogen and oxygen atoms in total. The fourth-order valence-corrected chi connectivity index (χ4v) is 2.04. The Morgan fingerprint density at radius 2 is 2.35 bits per heavy atom. The lowest BCUT2D eigenvalue weighted by Crippen LogP contribution is -2.22. The van der Waals surface area contributed by atoms with Crippen LogP contribution >= 0.6 is 11.3 Å². The van der Waals surface area contributed by atoms with Crippen LogP contribution in [0.1, 0.15) is 15.2 Å². The van der Waals surface area contributed by atoms with Crippen LogP contribution in [0.5, 0.6) is 0 Å². The molecule has 0 saturated carbocycles. The van der Waals surface area contributed by atoms with Gasteiger partial charge in [0.25, 0.3) is 5.91 Å². The molecule has 0 spiro atoms. The zero-order valence-corrected chi connectivity index (χ0v) is 10.3. The molecule has 0 unspecified atom stereocenters. The Kier molecular flexibility index (Phi) is 3.72. The van der Waals surface area contributed by atoms with Crippen LogP contribution in [-0.2, 0) is 6.54 Å². The van der Waals surface area contributed by atoms with Gasteiger partial charge in [0.15, 0.2) is 0 Å². The van der Waals surface area contributed by atoms with E-state index in [0.29, 0.717) is 17.9 Å². The fourth-order valence-electron chi connectivity index (χ4n) is 1.39. The first kappa shape index (κ1) is 11.6. The van der Waals surface area contributed by atoms with Gasteiger partial charge in [-0.15, -0.1) is 11.3 Å². The van der Waals surface area contributed by atoms with Gasteiger partial charge in [-0.25, -0.2) is 4.98 Å². The summed E-state index contributed by atoms with van der Waals surface area (Å²) in [6.07, 6.45) is 1.62. The standard InChI is InChI=1S/C12H13N3OS/c1-13-11-7-9(4-5-14-11)12(16)15-8-10-3-2-6-17-10/h2-7H,8H2,1H3,(H,13,14)(H,15,16). The first-order chi connectivity index (χ1) is 8.29. The fraction of sp³-hybridized carbons (Fsp3) is 0.167. The molecule has 0 bridgehead atoms. The maximum absolute atomic E-state index is 11.8. The van der Waals surface area contributed by atoms with E-state index in [1.807, 2.05) is 17.5 Å². The van der Waals surface area contributed by atoms with Gasteiger partial charge in [0.05, 0.1) is 6.54 Å². The molecule has 0 radical (unpaired) electrons. The van der Waals surface area contributed by atoms with Crippen LogP contribution < -0.4 is 10.6 Å². The summed E-state index contributed by atoms with van der Waals surface area (Å²) < 4.78 is 0. The van der Waals surface area contributed by atoms with Crippen LogP contribution in [0.15, 0.2) is 35.8 Å². The quantitative estimate of drug-likeness (QED) is 0.870. The lowest BCUT2D eigenvalue weighted by Gasteiger charge is -2.05. The highest BCUT2D eigenvalue weighted by Crippen LogP contribution is 2.09. The Morgan fingerprint density at radius 3 is 3.06 bits per heavy atom. The van der Waals surface area contributed by atoms with Crippen LogP contribution in [0.3, 0.4) is 0 Å². The van der Waals surface area contributed by atoms with Crippen molar-refractivity contribution >= 4 is 23.1 Å². The highest BCUT2D eigenvalue weighted by molar-refractivity contribution is 7.09. The molecule has 0 saturated heterocycles. The SMILES string of the molecule is CNc1cc(C(=O)NCc2cccs2)ccn1. The first-order valence-corrected chi connectivity index (χ1v) is 6.12. The van der Waals surface area contributed by atoms with Crippen molar-refractivity contribution < 1.29 is 4.79 Å². The number of nitrogens with zero attached hydrogens (tertiary/aromatic N) is 1. The highest BCUT2D eigenvalue weighted by atomic mass is 32.1. The van der Waals surface area contributed by atoms with E-state index in [1.165, 1.54) is 0 Å². The Labute approximate surface area is 104 Å². The van der Waals surface area contributed by atoms with Crippen molar-refractivity contribution in [2.75, 3.05) is 12.4 Å². The average Bonchev–Trinajstić information content (AvgIpc) is 2.89. The van der Waals surface area contributed by atoms with E-state index in [1.54, 1.807) is 36.7 Å². The van der Waals surface area contributed by atoms with Crippen LogP contribution in [0.25, 0.3) is 0 Å². The molecule has 88 valence electrons. The number of carbonyl (C=O) groups is 1. The highest BCUT2D eigenvalue weighted by Gasteiger charge is 2.06. The number of thiophene rings is 1. The van der Waals surface area contributed by atoms with Gasteiger partial charge in [0, 0.05) is 23.7 Å². The molecule has 0 atom stereocenters. The number of hydrogen-bond donors (Lipinski definition) is 2. The second-order valence-corrected chi connectivity index (χ2v) is 4.47. The molecule has 0 aliphatic rings. The second kappa shape index (κ2) is 5.45. The minimum Gasteiger partial charge on any atom is -0.373 e.